The summed E-state index contributed by atoms with van der Waals surface area (Å²) in [5.74, 6) is -0.256. The minimum Gasteiger partial charge on any atom is -0.367 e. The number of likely N-dealkylation sites (tertiary alicyclic amines) is 1. The zero-order valence-electron chi connectivity index (χ0n) is 20.5. The molecule has 1 N–H and O–H groups in total. The number of rotatable bonds is 5. The van der Waals surface area contributed by atoms with Gasteiger partial charge in [0.15, 0.2) is 11.0 Å². The molecule has 8 nitrogen and oxygen atoms in total. The molecule has 1 saturated carbocycles. The summed E-state index contributed by atoms with van der Waals surface area (Å²) in [5.41, 5.74) is 2.56. The number of amidine groups is 1. The number of hydrogen-bond donors (Lipinski definition) is 1. The molecule has 1 aliphatic carbocycles. The molecule has 2 amide bonds. The Bertz CT molecular complexity index is 1140. The Morgan fingerprint density at radius 3 is 2.89 bits per heavy atom. The lowest BCUT2D eigenvalue weighted by Gasteiger charge is -2.34. The third-order valence-corrected chi connectivity index (χ3v) is 9.09. The van der Waals surface area contributed by atoms with Gasteiger partial charge in [0, 0.05) is 30.0 Å². The van der Waals surface area contributed by atoms with E-state index in [2.05, 4.69) is 20.6 Å². The SMILES string of the molecule is C[C@H]1CN(C(=O)[C@@H](NC(=O)c2cccc(C3=CSC4=NCCN34)c2)C2CCCCC2)[C@@H]2C(=O)CO[C@@H]21. The third kappa shape index (κ3) is 4.16. The van der Waals surface area contributed by atoms with Crippen molar-refractivity contribution in [1.82, 2.24) is 15.1 Å². The number of benzene rings is 1. The van der Waals surface area contributed by atoms with E-state index in [0.29, 0.717) is 12.1 Å². The number of fused-ring (bicyclic) bond motifs is 2. The van der Waals surface area contributed by atoms with E-state index in [1.807, 2.05) is 25.1 Å². The fraction of sp³-hybridized carbons (Fsp3) is 0.556. The van der Waals surface area contributed by atoms with Crippen molar-refractivity contribution in [3.8, 4) is 0 Å². The highest BCUT2D eigenvalue weighted by molar-refractivity contribution is 8.16. The summed E-state index contributed by atoms with van der Waals surface area (Å²) >= 11 is 1.61. The first-order chi connectivity index (χ1) is 17.5. The lowest BCUT2D eigenvalue weighted by atomic mass is 9.83. The van der Waals surface area contributed by atoms with Crippen molar-refractivity contribution >= 4 is 40.2 Å². The lowest BCUT2D eigenvalue weighted by molar-refractivity contribution is -0.139. The van der Waals surface area contributed by atoms with Crippen LogP contribution in [-0.2, 0) is 14.3 Å². The van der Waals surface area contributed by atoms with Crippen molar-refractivity contribution in [3.63, 3.8) is 0 Å². The number of amides is 2. The largest absolute Gasteiger partial charge is 0.367 e. The maximum absolute atomic E-state index is 13.9. The number of ketones is 1. The van der Waals surface area contributed by atoms with Crippen molar-refractivity contribution < 1.29 is 19.1 Å². The molecule has 1 aromatic rings. The van der Waals surface area contributed by atoms with Gasteiger partial charge in [-0.25, -0.2) is 0 Å². The molecule has 0 bridgehead atoms. The first-order valence-electron chi connectivity index (χ1n) is 13.1. The van der Waals surface area contributed by atoms with Crippen molar-refractivity contribution in [3.05, 3.63) is 40.8 Å². The molecule has 3 fully saturated rings. The second-order valence-corrected chi connectivity index (χ2v) is 11.4. The van der Waals surface area contributed by atoms with Crippen LogP contribution in [0.3, 0.4) is 0 Å². The van der Waals surface area contributed by atoms with E-state index in [9.17, 15) is 14.4 Å². The molecule has 4 aliphatic heterocycles. The Morgan fingerprint density at radius 2 is 2.06 bits per heavy atom. The van der Waals surface area contributed by atoms with E-state index in [0.717, 1.165) is 61.6 Å². The number of carbonyl (C=O) groups excluding carboxylic acids is 3. The number of Topliss-reactive ketones (excluding diaryl/α,β-unsaturated/α-hetero) is 1. The van der Waals surface area contributed by atoms with E-state index >= 15 is 0 Å². The molecule has 2 saturated heterocycles. The van der Waals surface area contributed by atoms with Crippen LogP contribution in [0.1, 0.15) is 54.9 Å². The number of nitrogens with zero attached hydrogens (tertiary/aromatic N) is 3. The fourth-order valence-electron chi connectivity index (χ4n) is 6.34. The van der Waals surface area contributed by atoms with Crippen molar-refractivity contribution in [1.29, 1.82) is 0 Å². The first kappa shape index (κ1) is 23.7. The van der Waals surface area contributed by atoms with E-state index in [1.165, 1.54) is 0 Å². The highest BCUT2D eigenvalue weighted by Gasteiger charge is 2.52. The predicted molar refractivity (Wildman–Crippen MR) is 138 cm³/mol. The normalized spacial score (nSPS) is 28.6. The number of ether oxygens (including phenoxy) is 1. The van der Waals surface area contributed by atoms with Crippen LogP contribution in [0.5, 0.6) is 0 Å². The summed E-state index contributed by atoms with van der Waals surface area (Å²) in [6.07, 6.45) is 4.82. The molecule has 36 heavy (non-hydrogen) atoms. The van der Waals surface area contributed by atoms with Crippen LogP contribution in [0.4, 0.5) is 0 Å². The maximum Gasteiger partial charge on any atom is 0.251 e. The molecule has 1 aromatic carbocycles. The topological polar surface area (TPSA) is 91.3 Å². The summed E-state index contributed by atoms with van der Waals surface area (Å²) in [6.45, 7) is 4.21. The van der Waals surface area contributed by atoms with Gasteiger partial charge in [-0.3, -0.25) is 19.4 Å². The van der Waals surface area contributed by atoms with Gasteiger partial charge < -0.3 is 19.9 Å². The molecule has 0 unspecified atom stereocenters. The number of nitrogens with one attached hydrogen (secondary N) is 1. The van der Waals surface area contributed by atoms with E-state index in [1.54, 1.807) is 22.7 Å². The average molecular weight is 509 g/mol. The Labute approximate surface area is 215 Å². The maximum atomic E-state index is 13.9. The van der Waals surface area contributed by atoms with Crippen LogP contribution >= 0.6 is 11.8 Å². The van der Waals surface area contributed by atoms with Crippen LogP contribution in [0.15, 0.2) is 34.7 Å². The molecule has 0 radical (unpaired) electrons. The Hall–Kier alpha value is -2.65. The summed E-state index contributed by atoms with van der Waals surface area (Å²) < 4.78 is 5.70. The van der Waals surface area contributed by atoms with E-state index in [4.69, 9.17) is 4.74 Å². The van der Waals surface area contributed by atoms with Gasteiger partial charge >= 0.3 is 0 Å². The van der Waals surface area contributed by atoms with Gasteiger partial charge in [0.25, 0.3) is 5.91 Å². The quantitative estimate of drug-likeness (QED) is 0.658. The summed E-state index contributed by atoms with van der Waals surface area (Å²) in [5, 5.41) is 6.19. The monoisotopic (exact) mass is 508 g/mol. The third-order valence-electron chi connectivity index (χ3n) is 8.19. The summed E-state index contributed by atoms with van der Waals surface area (Å²) in [6, 6.07) is 6.42. The van der Waals surface area contributed by atoms with Crippen LogP contribution in [0.2, 0.25) is 0 Å². The molecule has 0 spiro atoms. The standard InChI is InChI=1S/C27H32N4O4S/c1-16-13-31(23-21(32)14-35-24(16)23)26(34)22(17-6-3-2-4-7-17)29-25(33)19-9-5-8-18(12-19)20-15-36-27-28-10-11-30(20)27/h5,8-9,12,15-17,22-24H,2-4,6-7,10-11,13-14H2,1H3,(H,29,33)/t16-,22-,23+,24+/m0/s1. The predicted octanol–water partition coefficient (Wildman–Crippen LogP) is 2.90. The van der Waals surface area contributed by atoms with Gasteiger partial charge in [0.2, 0.25) is 5.91 Å². The zero-order valence-corrected chi connectivity index (χ0v) is 21.3. The van der Waals surface area contributed by atoms with E-state index < -0.39 is 12.1 Å². The highest BCUT2D eigenvalue weighted by atomic mass is 32.2. The average Bonchev–Trinajstić information content (AvgIpc) is 3.67. The number of carbonyl (C=O) groups is 3. The minimum atomic E-state index is -0.639. The van der Waals surface area contributed by atoms with Crippen molar-refractivity contribution in [2.24, 2.45) is 16.8 Å². The molecule has 190 valence electrons. The van der Waals surface area contributed by atoms with Gasteiger partial charge in [-0.15, -0.1) is 0 Å². The Balaban J connectivity index is 1.24. The molecule has 4 heterocycles. The highest BCUT2D eigenvalue weighted by Crippen LogP contribution is 2.36. The molecular weight excluding hydrogens is 476 g/mol. The van der Waals surface area contributed by atoms with Crippen LogP contribution in [-0.4, -0.2) is 77.0 Å². The van der Waals surface area contributed by atoms with Gasteiger partial charge in [0.1, 0.15) is 18.7 Å². The number of thioether (sulfide) groups is 1. The smallest absolute Gasteiger partial charge is 0.251 e. The molecule has 5 aliphatic rings. The second kappa shape index (κ2) is 9.67. The zero-order chi connectivity index (χ0) is 24.8. The Morgan fingerprint density at radius 1 is 1.22 bits per heavy atom. The molecule has 9 heteroatoms. The molecular formula is C27H32N4O4S. The Kier molecular flexibility index (Phi) is 6.37. The van der Waals surface area contributed by atoms with Gasteiger partial charge in [-0.2, -0.15) is 0 Å². The summed E-state index contributed by atoms with van der Waals surface area (Å²) in [7, 11) is 0. The van der Waals surface area contributed by atoms with Crippen LogP contribution < -0.4 is 5.32 Å². The first-order valence-corrected chi connectivity index (χ1v) is 13.9. The van der Waals surface area contributed by atoms with Crippen molar-refractivity contribution in [2.75, 3.05) is 26.2 Å². The van der Waals surface area contributed by atoms with Gasteiger partial charge in [0.05, 0.1) is 18.3 Å². The number of aliphatic imine (C=N–C) groups is 1. The van der Waals surface area contributed by atoms with E-state index in [-0.39, 0.29) is 42.1 Å². The molecule has 6 rings (SSSR count). The van der Waals surface area contributed by atoms with Crippen molar-refractivity contribution in [2.45, 2.75) is 57.2 Å². The molecule has 4 atom stereocenters. The molecule has 0 aromatic heterocycles. The van der Waals surface area contributed by atoms with Gasteiger partial charge in [-0.1, -0.05) is 50.1 Å². The lowest BCUT2D eigenvalue weighted by Crippen LogP contribution is -2.55. The van der Waals surface area contributed by atoms with Crippen LogP contribution in [0.25, 0.3) is 5.70 Å². The van der Waals surface area contributed by atoms with Gasteiger partial charge in [-0.05, 0) is 36.5 Å². The second-order valence-electron chi connectivity index (χ2n) is 10.5. The van der Waals surface area contributed by atoms with Crippen LogP contribution in [0, 0.1) is 11.8 Å². The fourth-order valence-corrected chi connectivity index (χ4v) is 7.30. The number of hydrogen-bond acceptors (Lipinski definition) is 7. The minimum absolute atomic E-state index is 0.0355. The summed E-state index contributed by atoms with van der Waals surface area (Å²) in [4.78, 5) is 48.4.